The van der Waals surface area contributed by atoms with Gasteiger partial charge in [0.1, 0.15) is 6.07 Å². The van der Waals surface area contributed by atoms with Crippen molar-refractivity contribution in [2.75, 3.05) is 19.6 Å². The Labute approximate surface area is 141 Å². The lowest BCUT2D eigenvalue weighted by Gasteiger charge is -2.36. The Hall–Kier alpha value is -2.36. The molecule has 24 heavy (non-hydrogen) atoms. The first-order chi connectivity index (χ1) is 11.5. The third-order valence-electron chi connectivity index (χ3n) is 4.87. The maximum atomic E-state index is 12.8. The minimum atomic E-state index is -0.00822. The number of fused-ring (bicyclic) bond motifs is 1. The van der Waals surface area contributed by atoms with Crippen LogP contribution in [0, 0.1) is 23.2 Å². The number of aromatic nitrogens is 2. The van der Waals surface area contributed by atoms with Crippen LogP contribution in [0.25, 0.3) is 0 Å². The molecule has 0 atom stereocenters. The van der Waals surface area contributed by atoms with Crippen molar-refractivity contribution >= 4 is 11.8 Å². The molecule has 3 rings (SSSR count). The Morgan fingerprint density at radius 3 is 2.54 bits per heavy atom. The molecule has 0 bridgehead atoms. The fourth-order valence-electron chi connectivity index (χ4n) is 3.48. The van der Waals surface area contributed by atoms with Crippen molar-refractivity contribution < 1.29 is 9.59 Å². The molecular weight excluding hydrogens is 306 g/mol. The highest BCUT2D eigenvalue weighted by molar-refractivity contribution is 5.81. The Morgan fingerprint density at radius 2 is 1.92 bits per heavy atom. The van der Waals surface area contributed by atoms with Crippen LogP contribution in [-0.4, -0.2) is 51.0 Å². The van der Waals surface area contributed by atoms with Crippen LogP contribution in [0.2, 0.25) is 0 Å². The molecule has 2 amide bonds. The molecule has 1 fully saturated rings. The number of carbonyl (C=O) groups is 2. The fraction of sp³-hybridized carbons (Fsp3) is 0.647. The topological polar surface area (TPSA) is 82.2 Å². The zero-order valence-electron chi connectivity index (χ0n) is 14.2. The minimum Gasteiger partial charge on any atom is -0.342 e. The quantitative estimate of drug-likeness (QED) is 0.810. The lowest BCUT2D eigenvalue weighted by molar-refractivity contribution is -0.143. The summed E-state index contributed by atoms with van der Waals surface area (Å²) in [5.74, 6) is 0.337. The van der Waals surface area contributed by atoms with Gasteiger partial charge >= 0.3 is 0 Å². The number of hydrogen-bond donors (Lipinski definition) is 0. The molecule has 7 heteroatoms. The Morgan fingerprint density at radius 1 is 1.21 bits per heavy atom. The van der Waals surface area contributed by atoms with E-state index in [9.17, 15) is 9.59 Å². The van der Waals surface area contributed by atoms with Crippen LogP contribution < -0.4 is 0 Å². The second-order valence-electron chi connectivity index (χ2n) is 6.87. The summed E-state index contributed by atoms with van der Waals surface area (Å²) in [5, 5.41) is 13.1. The average molecular weight is 329 g/mol. The Bertz CT molecular complexity index is 680. The van der Waals surface area contributed by atoms with E-state index in [1.54, 1.807) is 6.07 Å². The maximum Gasteiger partial charge on any atom is 0.226 e. The number of hydrogen-bond acceptors (Lipinski definition) is 4. The molecule has 1 aromatic heterocycles. The van der Waals surface area contributed by atoms with E-state index in [0.29, 0.717) is 38.4 Å². The van der Waals surface area contributed by atoms with Crippen LogP contribution in [0.4, 0.5) is 0 Å². The van der Waals surface area contributed by atoms with Crippen molar-refractivity contribution in [3.8, 4) is 6.07 Å². The number of nitriles is 1. The minimum absolute atomic E-state index is 0.00822. The highest BCUT2D eigenvalue weighted by Crippen LogP contribution is 2.23. The third kappa shape index (κ3) is 3.14. The third-order valence-corrected chi connectivity index (χ3v) is 4.87. The zero-order valence-corrected chi connectivity index (χ0v) is 14.2. The van der Waals surface area contributed by atoms with Gasteiger partial charge in [0.25, 0.3) is 0 Å². The standard InChI is InChI=1S/C17H23N5O2/c1-12(2)16(23)20-5-3-13(4-6-20)17(24)21-7-8-22-15(11-21)9-14(10-18)19-22/h9,12-13H,3-8,11H2,1-2H3. The van der Waals surface area contributed by atoms with Crippen molar-refractivity contribution in [1.82, 2.24) is 19.6 Å². The first kappa shape index (κ1) is 16.5. The summed E-state index contributed by atoms with van der Waals surface area (Å²) < 4.78 is 1.81. The van der Waals surface area contributed by atoms with Gasteiger partial charge < -0.3 is 9.80 Å². The number of piperidine rings is 1. The van der Waals surface area contributed by atoms with E-state index in [1.807, 2.05) is 34.4 Å². The molecule has 7 nitrogen and oxygen atoms in total. The predicted molar refractivity (Wildman–Crippen MR) is 86.5 cm³/mol. The van der Waals surface area contributed by atoms with Crippen molar-refractivity contribution in [2.45, 2.75) is 39.8 Å². The van der Waals surface area contributed by atoms with E-state index in [1.165, 1.54) is 0 Å². The van der Waals surface area contributed by atoms with Crippen molar-refractivity contribution in [1.29, 1.82) is 5.26 Å². The van der Waals surface area contributed by atoms with Crippen LogP contribution in [-0.2, 0) is 22.7 Å². The van der Waals surface area contributed by atoms with Crippen LogP contribution in [0.1, 0.15) is 38.1 Å². The molecule has 2 aliphatic rings. The molecule has 0 aromatic carbocycles. The van der Waals surface area contributed by atoms with Crippen LogP contribution >= 0.6 is 0 Å². The summed E-state index contributed by atoms with van der Waals surface area (Å²) in [5.41, 5.74) is 1.32. The molecule has 0 saturated carbocycles. The van der Waals surface area contributed by atoms with E-state index in [4.69, 9.17) is 5.26 Å². The number of rotatable bonds is 2. The highest BCUT2D eigenvalue weighted by atomic mass is 16.2. The van der Waals surface area contributed by atoms with Gasteiger partial charge in [-0.1, -0.05) is 13.8 Å². The molecule has 0 spiro atoms. The molecule has 128 valence electrons. The molecule has 0 N–H and O–H groups in total. The van der Waals surface area contributed by atoms with Gasteiger partial charge in [-0.05, 0) is 18.9 Å². The van der Waals surface area contributed by atoms with Gasteiger partial charge in [0.05, 0.1) is 18.8 Å². The van der Waals surface area contributed by atoms with Gasteiger partial charge in [0.2, 0.25) is 11.8 Å². The maximum absolute atomic E-state index is 12.8. The lowest BCUT2D eigenvalue weighted by Crippen LogP contribution is -2.47. The van der Waals surface area contributed by atoms with E-state index in [-0.39, 0.29) is 23.7 Å². The largest absolute Gasteiger partial charge is 0.342 e. The number of likely N-dealkylation sites (tertiary alicyclic amines) is 1. The number of amides is 2. The number of carbonyl (C=O) groups excluding carboxylic acids is 2. The van der Waals surface area contributed by atoms with E-state index < -0.39 is 0 Å². The van der Waals surface area contributed by atoms with Gasteiger partial charge in [-0.15, -0.1) is 0 Å². The summed E-state index contributed by atoms with van der Waals surface area (Å²) >= 11 is 0. The average Bonchev–Trinajstić information content (AvgIpc) is 3.02. The molecular formula is C17H23N5O2. The van der Waals surface area contributed by atoms with E-state index in [2.05, 4.69) is 5.10 Å². The molecule has 1 saturated heterocycles. The Kier molecular flexibility index (Phi) is 4.56. The van der Waals surface area contributed by atoms with Crippen LogP contribution in [0.15, 0.2) is 6.07 Å². The van der Waals surface area contributed by atoms with Crippen molar-refractivity contribution in [2.24, 2.45) is 11.8 Å². The second kappa shape index (κ2) is 6.63. The monoisotopic (exact) mass is 329 g/mol. The van der Waals surface area contributed by atoms with Gasteiger partial charge in [-0.25, -0.2) is 0 Å². The summed E-state index contributed by atoms with van der Waals surface area (Å²) in [7, 11) is 0. The first-order valence-electron chi connectivity index (χ1n) is 8.54. The first-order valence-corrected chi connectivity index (χ1v) is 8.54. The summed E-state index contributed by atoms with van der Waals surface area (Å²) in [6, 6.07) is 3.80. The summed E-state index contributed by atoms with van der Waals surface area (Å²) in [6.07, 6.45) is 1.47. The molecule has 1 aromatic rings. The van der Waals surface area contributed by atoms with Gasteiger partial charge in [-0.3, -0.25) is 14.3 Å². The predicted octanol–water partition coefficient (Wildman–Crippen LogP) is 0.992. The smallest absolute Gasteiger partial charge is 0.226 e. The van der Waals surface area contributed by atoms with Crippen molar-refractivity contribution in [3.63, 3.8) is 0 Å². The zero-order chi connectivity index (χ0) is 17.3. The van der Waals surface area contributed by atoms with Gasteiger partial charge in [-0.2, -0.15) is 10.4 Å². The molecule has 2 aliphatic heterocycles. The number of nitrogens with zero attached hydrogens (tertiary/aromatic N) is 5. The van der Waals surface area contributed by atoms with Crippen LogP contribution in [0.5, 0.6) is 0 Å². The molecule has 0 aliphatic carbocycles. The lowest BCUT2D eigenvalue weighted by atomic mass is 9.94. The Balaban J connectivity index is 1.58. The van der Waals surface area contributed by atoms with E-state index in [0.717, 1.165) is 18.5 Å². The summed E-state index contributed by atoms with van der Waals surface area (Å²) in [4.78, 5) is 28.6. The summed E-state index contributed by atoms with van der Waals surface area (Å²) in [6.45, 7) is 6.92. The fourth-order valence-corrected chi connectivity index (χ4v) is 3.48. The van der Waals surface area contributed by atoms with E-state index >= 15 is 0 Å². The SMILES string of the molecule is CC(C)C(=O)N1CCC(C(=O)N2CCn3nc(C#N)cc3C2)CC1. The highest BCUT2D eigenvalue weighted by Gasteiger charge is 2.32. The second-order valence-corrected chi connectivity index (χ2v) is 6.87. The molecule has 0 radical (unpaired) electrons. The van der Waals surface area contributed by atoms with Gasteiger partial charge in [0, 0.05) is 31.5 Å². The van der Waals surface area contributed by atoms with Gasteiger partial charge in [0.15, 0.2) is 5.69 Å². The van der Waals surface area contributed by atoms with Crippen LogP contribution in [0.3, 0.4) is 0 Å². The normalized spacial score (nSPS) is 18.4. The molecule has 0 unspecified atom stereocenters. The molecule has 3 heterocycles. The van der Waals surface area contributed by atoms with Crippen molar-refractivity contribution in [3.05, 3.63) is 17.5 Å².